The highest BCUT2D eigenvalue weighted by Crippen LogP contribution is 2.27. The predicted octanol–water partition coefficient (Wildman–Crippen LogP) is 3.80. The molecule has 1 N–H and O–H groups in total. The second kappa shape index (κ2) is 6.29. The molecule has 0 spiro atoms. The van der Waals surface area contributed by atoms with Gasteiger partial charge in [-0.25, -0.2) is 0 Å². The number of hydrogen-bond donors (Lipinski definition) is 1. The van der Waals surface area contributed by atoms with Gasteiger partial charge in [-0.15, -0.1) is 11.3 Å². The largest absolute Gasteiger partial charge is 0.316 e. The summed E-state index contributed by atoms with van der Waals surface area (Å²) in [6, 6.07) is 2.22. The lowest BCUT2D eigenvalue weighted by Crippen LogP contribution is -2.21. The van der Waals surface area contributed by atoms with Crippen molar-refractivity contribution in [3.63, 3.8) is 0 Å². The highest BCUT2D eigenvalue weighted by Gasteiger charge is 2.09. The minimum atomic E-state index is 0.699. The minimum absolute atomic E-state index is 0.699. The van der Waals surface area contributed by atoms with Crippen LogP contribution < -0.4 is 5.32 Å². The normalized spacial score (nSPS) is 13.4. The molecule has 1 nitrogen and oxygen atoms in total. The van der Waals surface area contributed by atoms with Gasteiger partial charge in [0.05, 0.1) is 0 Å². The molecule has 0 saturated carbocycles. The van der Waals surface area contributed by atoms with Crippen LogP contribution in [0.5, 0.6) is 0 Å². The van der Waals surface area contributed by atoms with E-state index in [1.165, 1.54) is 12.0 Å². The molecule has 1 unspecified atom stereocenters. The molecule has 15 heavy (non-hydrogen) atoms. The summed E-state index contributed by atoms with van der Waals surface area (Å²) in [6.07, 6.45) is 1.24. The molecule has 86 valence electrons. The maximum atomic E-state index is 3.50. The molecule has 0 fully saturated rings. The Hall–Kier alpha value is -0.340. The molecule has 0 amide bonds. The van der Waals surface area contributed by atoms with Gasteiger partial charge in [-0.1, -0.05) is 20.8 Å². The van der Waals surface area contributed by atoms with Gasteiger partial charge in [0.25, 0.3) is 0 Å². The Morgan fingerprint density at radius 1 is 1.33 bits per heavy atom. The summed E-state index contributed by atoms with van der Waals surface area (Å²) >= 11 is 1.89. The second-order valence-electron chi connectivity index (χ2n) is 4.76. The summed E-state index contributed by atoms with van der Waals surface area (Å²) in [5, 5.41) is 5.70. The standard InChI is InChI=1S/C13H23NS/c1-10(2)9-14-7-5-11(3)13-12(4)6-8-15-13/h6,8,10-11,14H,5,7,9H2,1-4H3. The lowest BCUT2D eigenvalue weighted by molar-refractivity contribution is 0.526. The summed E-state index contributed by atoms with van der Waals surface area (Å²) in [7, 11) is 0. The van der Waals surface area contributed by atoms with E-state index in [-0.39, 0.29) is 0 Å². The molecule has 1 atom stereocenters. The van der Waals surface area contributed by atoms with Gasteiger partial charge in [-0.05, 0) is 55.3 Å². The highest BCUT2D eigenvalue weighted by molar-refractivity contribution is 7.10. The van der Waals surface area contributed by atoms with Crippen molar-refractivity contribution in [2.24, 2.45) is 5.92 Å². The first kappa shape index (κ1) is 12.7. The number of aryl methyl sites for hydroxylation is 1. The molecule has 0 aliphatic heterocycles. The van der Waals surface area contributed by atoms with E-state index in [1.807, 2.05) is 11.3 Å². The van der Waals surface area contributed by atoms with E-state index >= 15 is 0 Å². The van der Waals surface area contributed by atoms with E-state index in [0.717, 1.165) is 19.0 Å². The third kappa shape index (κ3) is 4.35. The van der Waals surface area contributed by atoms with Crippen LogP contribution in [0.2, 0.25) is 0 Å². The van der Waals surface area contributed by atoms with E-state index < -0.39 is 0 Å². The molecule has 0 bridgehead atoms. The minimum Gasteiger partial charge on any atom is -0.316 e. The van der Waals surface area contributed by atoms with Crippen LogP contribution in [0.25, 0.3) is 0 Å². The third-order valence-electron chi connectivity index (χ3n) is 2.66. The third-order valence-corrected chi connectivity index (χ3v) is 3.91. The molecule has 0 radical (unpaired) electrons. The average molecular weight is 225 g/mol. The topological polar surface area (TPSA) is 12.0 Å². The summed E-state index contributed by atoms with van der Waals surface area (Å²) in [6.45, 7) is 11.3. The lowest BCUT2D eigenvalue weighted by atomic mass is 10.0. The molecule has 2 heteroatoms. The quantitative estimate of drug-likeness (QED) is 0.726. The van der Waals surface area contributed by atoms with Crippen LogP contribution >= 0.6 is 11.3 Å². The Morgan fingerprint density at radius 3 is 2.60 bits per heavy atom. The maximum Gasteiger partial charge on any atom is 0.0103 e. The maximum absolute atomic E-state index is 3.50. The van der Waals surface area contributed by atoms with Crippen molar-refractivity contribution in [3.8, 4) is 0 Å². The Balaban J connectivity index is 2.25. The molecular weight excluding hydrogens is 202 g/mol. The zero-order valence-electron chi connectivity index (χ0n) is 10.3. The fourth-order valence-corrected chi connectivity index (χ4v) is 2.75. The van der Waals surface area contributed by atoms with E-state index in [1.54, 1.807) is 4.88 Å². The van der Waals surface area contributed by atoms with Gasteiger partial charge in [-0.3, -0.25) is 0 Å². The van der Waals surface area contributed by atoms with Crippen molar-refractivity contribution >= 4 is 11.3 Å². The molecule has 0 aromatic carbocycles. The Bertz CT molecular complexity index is 278. The molecule has 1 rings (SSSR count). The van der Waals surface area contributed by atoms with Crippen LogP contribution in [-0.4, -0.2) is 13.1 Å². The zero-order valence-corrected chi connectivity index (χ0v) is 11.2. The molecule has 0 aliphatic rings. The summed E-state index contributed by atoms with van der Waals surface area (Å²) < 4.78 is 0. The van der Waals surface area contributed by atoms with Crippen LogP contribution in [0, 0.1) is 12.8 Å². The van der Waals surface area contributed by atoms with Crippen LogP contribution in [0.3, 0.4) is 0 Å². The SMILES string of the molecule is Cc1ccsc1C(C)CCNCC(C)C. The van der Waals surface area contributed by atoms with Crippen molar-refractivity contribution in [1.82, 2.24) is 5.32 Å². The van der Waals surface area contributed by atoms with Crippen molar-refractivity contribution in [1.29, 1.82) is 0 Å². The summed E-state index contributed by atoms with van der Waals surface area (Å²) in [5.41, 5.74) is 1.45. The van der Waals surface area contributed by atoms with E-state index in [2.05, 4.69) is 44.5 Å². The average Bonchev–Trinajstić information content (AvgIpc) is 2.58. The van der Waals surface area contributed by atoms with Crippen LogP contribution in [-0.2, 0) is 0 Å². The Kier molecular flexibility index (Phi) is 5.34. The molecule has 1 heterocycles. The van der Waals surface area contributed by atoms with Gasteiger partial charge in [0, 0.05) is 4.88 Å². The monoisotopic (exact) mass is 225 g/mol. The molecule has 1 aromatic heterocycles. The molecular formula is C13H23NS. The first-order valence-corrected chi connectivity index (χ1v) is 6.74. The van der Waals surface area contributed by atoms with Gasteiger partial charge in [0.2, 0.25) is 0 Å². The van der Waals surface area contributed by atoms with Crippen molar-refractivity contribution < 1.29 is 0 Å². The zero-order chi connectivity index (χ0) is 11.3. The van der Waals surface area contributed by atoms with E-state index in [9.17, 15) is 0 Å². The van der Waals surface area contributed by atoms with Crippen LogP contribution in [0.1, 0.15) is 43.6 Å². The van der Waals surface area contributed by atoms with Gasteiger partial charge in [0.1, 0.15) is 0 Å². The summed E-state index contributed by atoms with van der Waals surface area (Å²) in [5.74, 6) is 1.45. The number of hydrogen-bond acceptors (Lipinski definition) is 2. The predicted molar refractivity (Wildman–Crippen MR) is 69.8 cm³/mol. The van der Waals surface area contributed by atoms with Crippen LogP contribution in [0.4, 0.5) is 0 Å². The molecule has 0 aliphatic carbocycles. The van der Waals surface area contributed by atoms with Gasteiger partial charge >= 0.3 is 0 Å². The fraction of sp³-hybridized carbons (Fsp3) is 0.692. The number of nitrogens with one attached hydrogen (secondary N) is 1. The van der Waals surface area contributed by atoms with Gasteiger partial charge in [-0.2, -0.15) is 0 Å². The van der Waals surface area contributed by atoms with Gasteiger partial charge < -0.3 is 5.32 Å². The van der Waals surface area contributed by atoms with Crippen LogP contribution in [0.15, 0.2) is 11.4 Å². The Morgan fingerprint density at radius 2 is 2.07 bits per heavy atom. The highest BCUT2D eigenvalue weighted by atomic mass is 32.1. The summed E-state index contributed by atoms with van der Waals surface area (Å²) in [4.78, 5) is 1.56. The molecule has 0 saturated heterocycles. The van der Waals surface area contributed by atoms with Crippen molar-refractivity contribution in [2.75, 3.05) is 13.1 Å². The van der Waals surface area contributed by atoms with Gasteiger partial charge in [0.15, 0.2) is 0 Å². The van der Waals surface area contributed by atoms with Crippen molar-refractivity contribution in [2.45, 2.75) is 40.0 Å². The van der Waals surface area contributed by atoms with E-state index in [0.29, 0.717) is 5.92 Å². The van der Waals surface area contributed by atoms with Crippen molar-refractivity contribution in [3.05, 3.63) is 21.9 Å². The smallest absolute Gasteiger partial charge is 0.0103 e. The molecule has 1 aromatic rings. The Labute approximate surface area is 97.9 Å². The number of thiophene rings is 1. The fourth-order valence-electron chi connectivity index (χ4n) is 1.73. The van der Waals surface area contributed by atoms with E-state index in [4.69, 9.17) is 0 Å². The lowest BCUT2D eigenvalue weighted by Gasteiger charge is -2.12. The first-order valence-electron chi connectivity index (χ1n) is 5.86. The second-order valence-corrected chi connectivity index (χ2v) is 5.70. The first-order chi connectivity index (χ1) is 7.11. The number of rotatable bonds is 6.